The largest absolute Gasteiger partial charge is 0.488 e. The molecule has 1 unspecified atom stereocenters. The summed E-state index contributed by atoms with van der Waals surface area (Å²) < 4.78 is 17.7. The molecule has 2 N–H and O–H groups in total. The quantitative estimate of drug-likeness (QED) is 0.670. The molecule has 1 heterocycles. The fraction of sp³-hybridized carbons (Fsp3) is 0.429. The minimum atomic E-state index is -1.44. The van der Waals surface area contributed by atoms with Gasteiger partial charge < -0.3 is 15.0 Å². The SMILES string of the molecule is CCCOc1c[nH]c(CS(=O)CC(=O)Nc2c(C)cccc2C(C)C)cc1=O. The second-order valence-corrected chi connectivity index (χ2v) is 8.46. The Morgan fingerprint density at radius 2 is 2.07 bits per heavy atom. The van der Waals surface area contributed by atoms with Gasteiger partial charge in [-0.3, -0.25) is 13.8 Å². The van der Waals surface area contributed by atoms with Gasteiger partial charge in [0.25, 0.3) is 0 Å². The van der Waals surface area contributed by atoms with Crippen molar-refractivity contribution < 1.29 is 13.7 Å². The Hall–Kier alpha value is -2.41. The summed E-state index contributed by atoms with van der Waals surface area (Å²) in [5.74, 6) is 0.164. The fourth-order valence-corrected chi connectivity index (χ4v) is 3.78. The summed E-state index contributed by atoms with van der Waals surface area (Å²) in [6.07, 6.45) is 2.28. The average Bonchev–Trinajstić information content (AvgIpc) is 2.62. The van der Waals surface area contributed by atoms with E-state index in [4.69, 9.17) is 4.74 Å². The van der Waals surface area contributed by atoms with Crippen LogP contribution in [0, 0.1) is 6.92 Å². The number of aryl methyl sites for hydroxylation is 1. The summed E-state index contributed by atoms with van der Waals surface area (Å²) in [7, 11) is -1.44. The van der Waals surface area contributed by atoms with Crippen LogP contribution in [0.2, 0.25) is 0 Å². The van der Waals surface area contributed by atoms with Crippen molar-refractivity contribution in [2.75, 3.05) is 17.7 Å². The minimum Gasteiger partial charge on any atom is -0.488 e. The molecule has 152 valence electrons. The lowest BCUT2D eigenvalue weighted by Crippen LogP contribution is -2.22. The summed E-state index contributed by atoms with van der Waals surface area (Å²) in [5, 5.41) is 2.90. The molecular formula is C21H28N2O4S. The zero-order chi connectivity index (χ0) is 20.7. The summed E-state index contributed by atoms with van der Waals surface area (Å²) in [4.78, 5) is 27.3. The van der Waals surface area contributed by atoms with Gasteiger partial charge in [0.2, 0.25) is 11.3 Å². The first-order valence-electron chi connectivity index (χ1n) is 9.40. The molecule has 0 aliphatic heterocycles. The van der Waals surface area contributed by atoms with E-state index in [1.165, 1.54) is 12.3 Å². The first-order valence-corrected chi connectivity index (χ1v) is 10.9. The van der Waals surface area contributed by atoms with E-state index in [1.807, 2.05) is 32.0 Å². The molecule has 28 heavy (non-hydrogen) atoms. The molecule has 0 saturated carbocycles. The van der Waals surface area contributed by atoms with E-state index in [2.05, 4.69) is 24.1 Å². The molecule has 0 aliphatic carbocycles. The van der Waals surface area contributed by atoms with Crippen LogP contribution in [-0.2, 0) is 21.3 Å². The number of benzene rings is 1. The third kappa shape index (κ3) is 6.05. The van der Waals surface area contributed by atoms with Crippen LogP contribution in [0.3, 0.4) is 0 Å². The van der Waals surface area contributed by atoms with Crippen molar-refractivity contribution in [3.8, 4) is 5.75 Å². The molecule has 1 atom stereocenters. The van der Waals surface area contributed by atoms with Crippen molar-refractivity contribution >= 4 is 22.4 Å². The number of anilines is 1. The Bertz CT molecular complexity index is 906. The Morgan fingerprint density at radius 3 is 2.71 bits per heavy atom. The van der Waals surface area contributed by atoms with Crippen molar-refractivity contribution in [2.45, 2.75) is 45.8 Å². The third-order valence-electron chi connectivity index (χ3n) is 4.20. The lowest BCUT2D eigenvalue weighted by atomic mass is 9.98. The zero-order valence-electron chi connectivity index (χ0n) is 16.8. The Labute approximate surface area is 168 Å². The molecule has 1 aromatic heterocycles. The minimum absolute atomic E-state index is 0.0987. The number of nitrogens with one attached hydrogen (secondary N) is 2. The van der Waals surface area contributed by atoms with Crippen molar-refractivity contribution in [1.82, 2.24) is 4.98 Å². The van der Waals surface area contributed by atoms with Gasteiger partial charge in [0, 0.05) is 34.4 Å². The highest BCUT2D eigenvalue weighted by molar-refractivity contribution is 7.84. The molecule has 1 amide bonds. The number of hydrogen-bond donors (Lipinski definition) is 2. The lowest BCUT2D eigenvalue weighted by molar-refractivity contribution is -0.113. The van der Waals surface area contributed by atoms with Gasteiger partial charge in [-0.15, -0.1) is 0 Å². The highest BCUT2D eigenvalue weighted by atomic mass is 32.2. The van der Waals surface area contributed by atoms with Crippen LogP contribution in [0.5, 0.6) is 5.75 Å². The first-order chi connectivity index (χ1) is 13.3. The third-order valence-corrected chi connectivity index (χ3v) is 5.42. The molecule has 2 aromatic rings. The number of carbonyl (C=O) groups is 1. The molecule has 2 rings (SSSR count). The standard InChI is InChI=1S/C21H28N2O4S/c1-5-9-27-19-11-22-16(10-18(19)24)12-28(26)13-20(25)23-21-15(4)7-6-8-17(21)14(2)3/h6-8,10-11,14H,5,9,12-13H2,1-4H3,(H,22,24)(H,23,25). The smallest absolute Gasteiger partial charge is 0.237 e. The second-order valence-electron chi connectivity index (χ2n) is 7.01. The molecule has 7 heteroatoms. The molecule has 0 saturated heterocycles. The van der Waals surface area contributed by atoms with Crippen LogP contribution in [-0.4, -0.2) is 27.5 Å². The molecule has 0 spiro atoms. The number of carbonyl (C=O) groups excluding carboxylic acids is 1. The van der Waals surface area contributed by atoms with Gasteiger partial charge in [0.05, 0.1) is 12.4 Å². The van der Waals surface area contributed by atoms with Crippen molar-refractivity contribution in [3.05, 3.63) is 57.5 Å². The molecule has 0 radical (unpaired) electrons. The molecule has 0 fully saturated rings. The molecule has 0 bridgehead atoms. The van der Waals surface area contributed by atoms with Gasteiger partial charge in [0.1, 0.15) is 5.75 Å². The van der Waals surface area contributed by atoms with Crippen molar-refractivity contribution in [1.29, 1.82) is 0 Å². The number of ether oxygens (including phenoxy) is 1. The normalized spacial score (nSPS) is 12.0. The second kappa shape index (κ2) is 10.2. The number of rotatable bonds is 9. The zero-order valence-corrected chi connectivity index (χ0v) is 17.7. The van der Waals surface area contributed by atoms with Gasteiger partial charge in [0.15, 0.2) is 5.75 Å². The van der Waals surface area contributed by atoms with Gasteiger partial charge in [-0.05, 0) is 30.4 Å². The van der Waals surface area contributed by atoms with Crippen LogP contribution in [0.25, 0.3) is 0 Å². The maximum atomic E-state index is 12.4. The maximum Gasteiger partial charge on any atom is 0.237 e. The lowest BCUT2D eigenvalue weighted by Gasteiger charge is -2.16. The summed E-state index contributed by atoms with van der Waals surface area (Å²) in [6.45, 7) is 8.48. The van der Waals surface area contributed by atoms with E-state index < -0.39 is 10.8 Å². The van der Waals surface area contributed by atoms with E-state index >= 15 is 0 Å². The number of pyridine rings is 1. The summed E-state index contributed by atoms with van der Waals surface area (Å²) in [6, 6.07) is 7.25. The molecule has 6 nitrogen and oxygen atoms in total. The van der Waals surface area contributed by atoms with Gasteiger partial charge in [-0.2, -0.15) is 0 Å². The van der Waals surface area contributed by atoms with E-state index in [0.717, 1.165) is 23.2 Å². The van der Waals surface area contributed by atoms with E-state index in [9.17, 15) is 13.8 Å². The maximum absolute atomic E-state index is 12.4. The van der Waals surface area contributed by atoms with Gasteiger partial charge in [-0.1, -0.05) is 39.0 Å². The van der Waals surface area contributed by atoms with E-state index in [0.29, 0.717) is 12.3 Å². The monoisotopic (exact) mass is 404 g/mol. The van der Waals surface area contributed by atoms with Gasteiger partial charge in [-0.25, -0.2) is 0 Å². The van der Waals surface area contributed by atoms with Crippen molar-refractivity contribution in [2.24, 2.45) is 0 Å². The number of aromatic nitrogens is 1. The Balaban J connectivity index is 1.99. The number of aromatic amines is 1. The number of para-hydroxylation sites is 1. The van der Waals surface area contributed by atoms with Crippen LogP contribution in [0.15, 0.2) is 35.3 Å². The van der Waals surface area contributed by atoms with Gasteiger partial charge >= 0.3 is 0 Å². The van der Waals surface area contributed by atoms with Crippen LogP contribution in [0.1, 0.15) is 49.9 Å². The highest BCUT2D eigenvalue weighted by Crippen LogP contribution is 2.27. The highest BCUT2D eigenvalue weighted by Gasteiger charge is 2.15. The first kappa shape index (κ1) is 21.9. The molecule has 0 aliphatic rings. The average molecular weight is 405 g/mol. The number of hydrogen-bond acceptors (Lipinski definition) is 4. The number of amides is 1. The van der Waals surface area contributed by atoms with E-state index in [1.54, 1.807) is 0 Å². The number of H-pyrrole nitrogens is 1. The predicted octanol–water partition coefficient (Wildman–Crippen LogP) is 3.48. The van der Waals surface area contributed by atoms with Crippen LogP contribution in [0.4, 0.5) is 5.69 Å². The van der Waals surface area contributed by atoms with Crippen LogP contribution >= 0.6 is 0 Å². The predicted molar refractivity (Wildman–Crippen MR) is 113 cm³/mol. The van der Waals surface area contributed by atoms with Crippen molar-refractivity contribution in [3.63, 3.8) is 0 Å². The topological polar surface area (TPSA) is 88.3 Å². The Kier molecular flexibility index (Phi) is 7.99. The fourth-order valence-electron chi connectivity index (χ4n) is 2.80. The molecular weight excluding hydrogens is 376 g/mol. The van der Waals surface area contributed by atoms with Crippen LogP contribution < -0.4 is 15.5 Å². The molecule has 1 aromatic carbocycles. The summed E-state index contributed by atoms with van der Waals surface area (Å²) >= 11 is 0. The van der Waals surface area contributed by atoms with E-state index in [-0.39, 0.29) is 34.5 Å². The Morgan fingerprint density at radius 1 is 1.32 bits per heavy atom. The summed E-state index contributed by atoms with van der Waals surface area (Å²) in [5.41, 5.74) is 3.05.